The molecule has 27 heavy (non-hydrogen) atoms. The van der Waals surface area contributed by atoms with E-state index < -0.39 is 0 Å². The Morgan fingerprint density at radius 1 is 1.04 bits per heavy atom. The Morgan fingerprint density at radius 3 is 2.81 bits per heavy atom. The van der Waals surface area contributed by atoms with Crippen molar-refractivity contribution in [2.75, 3.05) is 10.6 Å². The average molecular weight is 376 g/mol. The first-order valence-corrected chi connectivity index (χ1v) is 9.50. The zero-order valence-electron chi connectivity index (χ0n) is 14.2. The van der Waals surface area contributed by atoms with E-state index in [-0.39, 0.29) is 17.5 Å². The summed E-state index contributed by atoms with van der Waals surface area (Å²) in [5.41, 5.74) is 3.93. The third-order valence-corrected chi connectivity index (χ3v) is 5.81. The van der Waals surface area contributed by atoms with Crippen molar-refractivity contribution in [3.63, 3.8) is 0 Å². The Kier molecular flexibility index (Phi) is 3.61. The number of carbonyl (C=O) groups excluding carboxylic acids is 1. The first kappa shape index (κ1) is 15.9. The Hall–Kier alpha value is -3.32. The van der Waals surface area contributed by atoms with Gasteiger partial charge in [-0.3, -0.25) is 9.59 Å². The number of hydrogen-bond donors (Lipinski definition) is 4. The number of aromatic nitrogens is 2. The maximum Gasteiger partial charge on any atom is 0.272 e. The predicted molar refractivity (Wildman–Crippen MR) is 108 cm³/mol. The first-order valence-electron chi connectivity index (χ1n) is 8.62. The second kappa shape index (κ2) is 6.14. The third kappa shape index (κ3) is 2.72. The number of amides is 1. The SMILES string of the molecule is O=C1CC(c2cccs2)Nc2cc(-c3c[nH]c(=O)c4[nH]ccc34)ccc2N1. The first-order chi connectivity index (χ1) is 13.2. The molecule has 0 saturated heterocycles. The second-order valence-corrected chi connectivity index (χ2v) is 7.50. The molecule has 6 nitrogen and oxygen atoms in total. The lowest BCUT2D eigenvalue weighted by Crippen LogP contribution is -2.14. The van der Waals surface area contributed by atoms with Crippen LogP contribution in [0.25, 0.3) is 22.0 Å². The van der Waals surface area contributed by atoms with E-state index in [2.05, 4.69) is 20.6 Å². The zero-order chi connectivity index (χ0) is 18.4. The van der Waals surface area contributed by atoms with Crippen LogP contribution in [0.4, 0.5) is 11.4 Å². The topological polar surface area (TPSA) is 89.8 Å². The van der Waals surface area contributed by atoms with Crippen molar-refractivity contribution in [3.05, 3.63) is 69.4 Å². The van der Waals surface area contributed by atoms with Crippen molar-refractivity contribution in [2.45, 2.75) is 12.5 Å². The molecule has 1 unspecified atom stereocenters. The fraction of sp³-hybridized carbons (Fsp3) is 0.100. The zero-order valence-corrected chi connectivity index (χ0v) is 15.0. The Bertz CT molecular complexity index is 1210. The van der Waals surface area contributed by atoms with Gasteiger partial charge in [-0.15, -0.1) is 11.3 Å². The molecule has 1 aromatic carbocycles. The molecule has 0 spiro atoms. The lowest BCUT2D eigenvalue weighted by molar-refractivity contribution is -0.116. The number of fused-ring (bicyclic) bond motifs is 2. The van der Waals surface area contributed by atoms with Crippen molar-refractivity contribution in [1.29, 1.82) is 0 Å². The molecule has 4 N–H and O–H groups in total. The van der Waals surface area contributed by atoms with Crippen LogP contribution in [0, 0.1) is 0 Å². The molecule has 0 radical (unpaired) electrons. The van der Waals surface area contributed by atoms with Crippen LogP contribution in [0.1, 0.15) is 17.3 Å². The molecular weight excluding hydrogens is 360 g/mol. The molecule has 1 aliphatic rings. The summed E-state index contributed by atoms with van der Waals surface area (Å²) in [6.45, 7) is 0. The number of aromatic amines is 2. The number of benzene rings is 1. The molecule has 0 saturated carbocycles. The van der Waals surface area contributed by atoms with Crippen LogP contribution in [0.2, 0.25) is 0 Å². The highest BCUT2D eigenvalue weighted by Crippen LogP contribution is 2.37. The van der Waals surface area contributed by atoms with Crippen LogP contribution < -0.4 is 16.2 Å². The van der Waals surface area contributed by atoms with Crippen LogP contribution in [0.3, 0.4) is 0 Å². The summed E-state index contributed by atoms with van der Waals surface area (Å²) < 4.78 is 0. The monoisotopic (exact) mass is 376 g/mol. The number of carbonyl (C=O) groups is 1. The van der Waals surface area contributed by atoms with Gasteiger partial charge in [0.25, 0.3) is 5.56 Å². The van der Waals surface area contributed by atoms with E-state index in [0.717, 1.165) is 32.8 Å². The number of nitrogens with one attached hydrogen (secondary N) is 4. The predicted octanol–water partition coefficient (Wildman–Crippen LogP) is 4.08. The number of thiophene rings is 1. The van der Waals surface area contributed by atoms with E-state index in [9.17, 15) is 9.59 Å². The molecule has 3 aromatic heterocycles. The largest absolute Gasteiger partial charge is 0.375 e. The minimum atomic E-state index is -0.142. The van der Waals surface area contributed by atoms with Gasteiger partial charge in [-0.25, -0.2) is 0 Å². The van der Waals surface area contributed by atoms with Gasteiger partial charge in [-0.1, -0.05) is 12.1 Å². The molecule has 0 aliphatic carbocycles. The summed E-state index contributed by atoms with van der Waals surface area (Å²) in [6, 6.07) is 11.7. The number of H-pyrrole nitrogens is 2. The van der Waals surface area contributed by atoms with E-state index in [1.165, 1.54) is 0 Å². The summed E-state index contributed by atoms with van der Waals surface area (Å²) in [7, 11) is 0. The van der Waals surface area contributed by atoms with Gasteiger partial charge in [0.05, 0.1) is 23.8 Å². The van der Waals surface area contributed by atoms with Gasteiger partial charge in [0.2, 0.25) is 5.91 Å². The molecule has 5 rings (SSSR count). The maximum absolute atomic E-state index is 12.3. The summed E-state index contributed by atoms with van der Waals surface area (Å²) in [6.07, 6.45) is 3.87. The standard InChI is InChI=1S/C20H16N4O2S/c25-18-9-16(17-2-1-7-27-17)23-15-8-11(3-4-14(15)24-18)13-10-22-20(26)19-12(13)5-6-21-19/h1-8,10,16,21,23H,9H2,(H,22,26)(H,24,25). The van der Waals surface area contributed by atoms with E-state index in [0.29, 0.717) is 11.9 Å². The van der Waals surface area contributed by atoms with Crippen LogP contribution in [-0.4, -0.2) is 15.9 Å². The van der Waals surface area contributed by atoms with Crippen molar-refractivity contribution in [3.8, 4) is 11.1 Å². The summed E-state index contributed by atoms with van der Waals surface area (Å²) in [5, 5.41) is 9.36. The van der Waals surface area contributed by atoms with Gasteiger partial charge >= 0.3 is 0 Å². The van der Waals surface area contributed by atoms with Gasteiger partial charge in [-0.05, 0) is 35.2 Å². The molecule has 1 atom stereocenters. The molecule has 1 amide bonds. The van der Waals surface area contributed by atoms with Gasteiger partial charge in [0.15, 0.2) is 0 Å². The second-order valence-electron chi connectivity index (χ2n) is 6.52. The molecule has 1 aliphatic heterocycles. The van der Waals surface area contributed by atoms with E-state index >= 15 is 0 Å². The fourth-order valence-corrected chi connectivity index (χ4v) is 4.31. The van der Waals surface area contributed by atoms with Crippen molar-refractivity contribution in [2.24, 2.45) is 0 Å². The number of hydrogen-bond acceptors (Lipinski definition) is 4. The van der Waals surface area contributed by atoms with Crippen LogP contribution in [0.15, 0.2) is 59.0 Å². The van der Waals surface area contributed by atoms with E-state index in [4.69, 9.17) is 0 Å². The minimum absolute atomic E-state index is 0.00975. The maximum atomic E-state index is 12.3. The van der Waals surface area contributed by atoms with Crippen LogP contribution >= 0.6 is 11.3 Å². The molecule has 0 bridgehead atoms. The summed E-state index contributed by atoms with van der Waals surface area (Å²) in [4.78, 5) is 31.2. The van der Waals surface area contributed by atoms with Crippen molar-refractivity contribution >= 4 is 39.5 Å². The van der Waals surface area contributed by atoms with Gasteiger partial charge < -0.3 is 20.6 Å². The van der Waals surface area contributed by atoms with Gasteiger partial charge in [-0.2, -0.15) is 0 Å². The number of anilines is 2. The molecule has 134 valence electrons. The highest BCUT2D eigenvalue weighted by Gasteiger charge is 2.23. The van der Waals surface area contributed by atoms with Crippen LogP contribution in [0.5, 0.6) is 0 Å². The van der Waals surface area contributed by atoms with Gasteiger partial charge in [0, 0.05) is 28.2 Å². The minimum Gasteiger partial charge on any atom is -0.375 e. The third-order valence-electron chi connectivity index (χ3n) is 4.82. The van der Waals surface area contributed by atoms with Crippen LogP contribution in [-0.2, 0) is 4.79 Å². The average Bonchev–Trinajstić information content (AvgIpc) is 3.32. The smallest absolute Gasteiger partial charge is 0.272 e. The fourth-order valence-electron chi connectivity index (χ4n) is 3.54. The number of rotatable bonds is 2. The molecule has 4 heterocycles. The quantitative estimate of drug-likeness (QED) is 0.425. The van der Waals surface area contributed by atoms with E-state index in [1.807, 2.05) is 41.8 Å². The van der Waals surface area contributed by atoms with E-state index in [1.54, 1.807) is 23.7 Å². The Balaban J connectivity index is 1.62. The lowest BCUT2D eigenvalue weighted by atomic mass is 10.0. The molecule has 4 aromatic rings. The normalized spacial score (nSPS) is 16.4. The van der Waals surface area contributed by atoms with Crippen molar-refractivity contribution < 1.29 is 4.79 Å². The Labute approximate surface area is 158 Å². The lowest BCUT2D eigenvalue weighted by Gasteiger charge is -2.16. The summed E-state index contributed by atoms with van der Waals surface area (Å²) in [5.74, 6) is -0.00975. The van der Waals surface area contributed by atoms with Gasteiger partial charge in [0.1, 0.15) is 5.52 Å². The highest BCUT2D eigenvalue weighted by atomic mass is 32.1. The highest BCUT2D eigenvalue weighted by molar-refractivity contribution is 7.10. The van der Waals surface area contributed by atoms with Crippen molar-refractivity contribution in [1.82, 2.24) is 9.97 Å². The summed E-state index contributed by atoms with van der Waals surface area (Å²) >= 11 is 1.63. The molecular formula is C20H16N4O2S. The molecule has 7 heteroatoms. The molecule has 0 fully saturated rings. The number of pyridine rings is 1. The Morgan fingerprint density at radius 2 is 1.96 bits per heavy atom.